The summed E-state index contributed by atoms with van der Waals surface area (Å²) in [7, 11) is 0. The third-order valence-electron chi connectivity index (χ3n) is 4.86. The van der Waals surface area contributed by atoms with Crippen LogP contribution in [0.1, 0.15) is 24.1 Å². The molecule has 1 fully saturated rings. The number of carbonyl (C=O) groups is 1. The molecule has 0 spiro atoms. The van der Waals surface area contributed by atoms with E-state index >= 15 is 0 Å². The molecule has 7 heteroatoms. The fraction of sp³-hybridized carbons (Fsp3) is 0.304. The van der Waals surface area contributed by atoms with Gasteiger partial charge in [-0.2, -0.15) is 0 Å². The van der Waals surface area contributed by atoms with Crippen LogP contribution in [0.15, 0.2) is 47.8 Å². The highest BCUT2D eigenvalue weighted by molar-refractivity contribution is 7.13. The van der Waals surface area contributed by atoms with E-state index in [1.165, 1.54) is 11.3 Å². The Morgan fingerprint density at radius 2 is 2.20 bits per heavy atom. The van der Waals surface area contributed by atoms with Gasteiger partial charge in [0.05, 0.1) is 28.9 Å². The predicted molar refractivity (Wildman–Crippen MR) is 121 cm³/mol. The number of halogens is 1. The summed E-state index contributed by atoms with van der Waals surface area (Å²) in [5, 5.41) is 6.30. The number of thiazole rings is 1. The van der Waals surface area contributed by atoms with E-state index in [9.17, 15) is 4.79 Å². The molecule has 5 nitrogen and oxygen atoms in total. The van der Waals surface area contributed by atoms with E-state index in [0.717, 1.165) is 35.6 Å². The summed E-state index contributed by atoms with van der Waals surface area (Å²) < 4.78 is 11.6. The molecule has 1 aliphatic heterocycles. The number of aryl methyl sites for hydroxylation is 1. The van der Waals surface area contributed by atoms with Crippen molar-refractivity contribution in [1.29, 1.82) is 0 Å². The summed E-state index contributed by atoms with van der Waals surface area (Å²) in [5.74, 6) is 0.519. The van der Waals surface area contributed by atoms with Gasteiger partial charge in [-0.05, 0) is 43.5 Å². The molecule has 1 saturated heterocycles. The fourth-order valence-electron chi connectivity index (χ4n) is 3.32. The number of nitrogens with zero attached hydrogens (tertiary/aromatic N) is 1. The molecule has 1 N–H and O–H groups in total. The number of rotatable bonds is 7. The first-order valence-electron chi connectivity index (χ1n) is 9.92. The van der Waals surface area contributed by atoms with E-state index in [2.05, 4.69) is 10.3 Å². The lowest BCUT2D eigenvalue weighted by atomic mass is 10.2. The molecular weight excluding hydrogens is 420 g/mol. The smallest absolute Gasteiger partial charge is 0.230 e. The van der Waals surface area contributed by atoms with E-state index in [1.807, 2.05) is 54.8 Å². The summed E-state index contributed by atoms with van der Waals surface area (Å²) in [6, 6.07) is 13.3. The maximum atomic E-state index is 12.6. The van der Waals surface area contributed by atoms with Gasteiger partial charge in [-0.15, -0.1) is 11.3 Å². The Kier molecular flexibility index (Phi) is 6.67. The van der Waals surface area contributed by atoms with E-state index < -0.39 is 0 Å². The number of ether oxygens (including phenoxy) is 2. The van der Waals surface area contributed by atoms with Crippen LogP contribution in [0.25, 0.3) is 10.6 Å². The number of nitrogens with one attached hydrogen (secondary N) is 1. The highest BCUT2D eigenvalue weighted by Crippen LogP contribution is 2.31. The maximum absolute atomic E-state index is 12.6. The van der Waals surface area contributed by atoms with E-state index in [-0.39, 0.29) is 18.4 Å². The first-order valence-corrected chi connectivity index (χ1v) is 11.2. The zero-order chi connectivity index (χ0) is 20.9. The summed E-state index contributed by atoms with van der Waals surface area (Å²) in [4.78, 5) is 17.2. The van der Waals surface area contributed by atoms with Gasteiger partial charge in [0.25, 0.3) is 0 Å². The summed E-state index contributed by atoms with van der Waals surface area (Å²) >= 11 is 7.73. The number of hydrogen-bond acceptors (Lipinski definition) is 5. The van der Waals surface area contributed by atoms with Gasteiger partial charge in [-0.3, -0.25) is 4.79 Å². The van der Waals surface area contributed by atoms with Crippen molar-refractivity contribution in [1.82, 2.24) is 4.98 Å². The third kappa shape index (κ3) is 5.19. The Balaban J connectivity index is 1.41. The number of benzene rings is 2. The normalized spacial score (nSPS) is 15.9. The van der Waals surface area contributed by atoms with Gasteiger partial charge in [-0.25, -0.2) is 4.98 Å². The van der Waals surface area contributed by atoms with Crippen LogP contribution in [0, 0.1) is 6.92 Å². The van der Waals surface area contributed by atoms with Crippen LogP contribution in [0.3, 0.4) is 0 Å². The number of hydrogen-bond donors (Lipinski definition) is 1. The lowest BCUT2D eigenvalue weighted by Crippen LogP contribution is -2.19. The molecule has 0 radical (unpaired) electrons. The average molecular weight is 443 g/mol. The van der Waals surface area contributed by atoms with Crippen molar-refractivity contribution in [3.63, 3.8) is 0 Å². The maximum Gasteiger partial charge on any atom is 0.230 e. The van der Waals surface area contributed by atoms with Crippen LogP contribution < -0.4 is 10.1 Å². The molecule has 3 aromatic rings. The molecule has 2 heterocycles. The van der Waals surface area contributed by atoms with Gasteiger partial charge in [0, 0.05) is 17.6 Å². The largest absolute Gasteiger partial charge is 0.489 e. The number of amides is 1. The zero-order valence-electron chi connectivity index (χ0n) is 16.7. The third-order valence-corrected chi connectivity index (χ3v) is 6.11. The highest BCUT2D eigenvalue weighted by atomic mass is 35.5. The second-order valence-corrected chi connectivity index (χ2v) is 8.56. The molecule has 0 bridgehead atoms. The molecule has 2 aromatic carbocycles. The standard InChI is InChI=1S/C23H23ClN2O3S/c1-15-8-9-20(21(11-15)29-13-17-5-4-10-28-17)26-22(27)12-16-14-30-23(25-16)18-6-2-3-7-19(18)24/h2-3,6-9,11,14,17H,4-5,10,12-13H2,1H3,(H,26,27). The van der Waals surface area contributed by atoms with Crippen LogP contribution in [-0.2, 0) is 16.0 Å². The van der Waals surface area contributed by atoms with Crippen molar-refractivity contribution >= 4 is 34.5 Å². The zero-order valence-corrected chi connectivity index (χ0v) is 18.3. The SMILES string of the molecule is Cc1ccc(NC(=O)Cc2csc(-c3ccccc3Cl)n2)c(OCC2CCCO2)c1. The second-order valence-electron chi connectivity index (χ2n) is 7.29. The average Bonchev–Trinajstić information content (AvgIpc) is 3.40. The Morgan fingerprint density at radius 3 is 3.00 bits per heavy atom. The molecule has 1 atom stereocenters. The quantitative estimate of drug-likeness (QED) is 0.524. The Bertz CT molecular complexity index is 1030. The van der Waals surface area contributed by atoms with Crippen LogP contribution in [0.2, 0.25) is 5.02 Å². The molecule has 0 aliphatic carbocycles. The minimum atomic E-state index is -0.142. The summed E-state index contributed by atoms with van der Waals surface area (Å²) in [6.45, 7) is 3.27. The molecule has 0 saturated carbocycles. The Morgan fingerprint density at radius 1 is 1.33 bits per heavy atom. The predicted octanol–water partition coefficient (Wildman–Crippen LogP) is 5.51. The van der Waals surface area contributed by atoms with E-state index in [4.69, 9.17) is 21.1 Å². The van der Waals surface area contributed by atoms with Crippen molar-refractivity contribution < 1.29 is 14.3 Å². The highest BCUT2D eigenvalue weighted by Gasteiger charge is 2.18. The van der Waals surface area contributed by atoms with Gasteiger partial charge < -0.3 is 14.8 Å². The molecule has 1 aliphatic rings. The first-order chi connectivity index (χ1) is 14.6. The van der Waals surface area contributed by atoms with Gasteiger partial charge >= 0.3 is 0 Å². The van der Waals surface area contributed by atoms with Crippen molar-refractivity contribution in [3.05, 3.63) is 64.1 Å². The van der Waals surface area contributed by atoms with Gasteiger partial charge in [0.1, 0.15) is 17.4 Å². The monoisotopic (exact) mass is 442 g/mol. The van der Waals surface area contributed by atoms with Crippen molar-refractivity contribution in [2.24, 2.45) is 0 Å². The van der Waals surface area contributed by atoms with Gasteiger partial charge in [-0.1, -0.05) is 35.9 Å². The van der Waals surface area contributed by atoms with E-state index in [1.54, 1.807) is 0 Å². The number of aromatic nitrogens is 1. The van der Waals surface area contributed by atoms with Crippen molar-refractivity contribution in [2.75, 3.05) is 18.5 Å². The summed E-state index contributed by atoms with van der Waals surface area (Å²) in [5.41, 5.74) is 3.31. The van der Waals surface area contributed by atoms with Crippen LogP contribution in [0.4, 0.5) is 5.69 Å². The van der Waals surface area contributed by atoms with Crippen LogP contribution in [0.5, 0.6) is 5.75 Å². The van der Waals surface area contributed by atoms with E-state index in [0.29, 0.717) is 28.8 Å². The first kappa shape index (κ1) is 20.8. The molecule has 1 aromatic heterocycles. The van der Waals surface area contributed by atoms with Crippen molar-refractivity contribution in [2.45, 2.75) is 32.3 Å². The van der Waals surface area contributed by atoms with Crippen LogP contribution in [-0.4, -0.2) is 30.2 Å². The fourth-order valence-corrected chi connectivity index (χ4v) is 4.46. The minimum absolute atomic E-state index is 0.118. The molecular formula is C23H23ClN2O3S. The topological polar surface area (TPSA) is 60.5 Å². The van der Waals surface area contributed by atoms with Gasteiger partial charge in [0.15, 0.2) is 0 Å². The molecule has 1 amide bonds. The number of anilines is 1. The second kappa shape index (κ2) is 9.60. The molecule has 1 unspecified atom stereocenters. The Labute approximate surface area is 185 Å². The molecule has 30 heavy (non-hydrogen) atoms. The van der Waals surface area contributed by atoms with Crippen molar-refractivity contribution in [3.8, 4) is 16.3 Å². The minimum Gasteiger partial charge on any atom is -0.489 e. The summed E-state index contributed by atoms with van der Waals surface area (Å²) in [6.07, 6.45) is 2.37. The lowest BCUT2D eigenvalue weighted by Gasteiger charge is -2.16. The number of carbonyl (C=O) groups excluding carboxylic acids is 1. The molecule has 156 valence electrons. The van der Waals surface area contributed by atoms with Crippen LogP contribution >= 0.6 is 22.9 Å². The Hall–Kier alpha value is -2.41. The van der Waals surface area contributed by atoms with Gasteiger partial charge in [0.2, 0.25) is 5.91 Å². The molecule has 4 rings (SSSR count). The lowest BCUT2D eigenvalue weighted by molar-refractivity contribution is -0.115.